The number of hydrogen-bond acceptors (Lipinski definition) is 4. The van der Waals surface area contributed by atoms with Gasteiger partial charge in [0.15, 0.2) is 5.84 Å². The van der Waals surface area contributed by atoms with Crippen LogP contribution < -0.4 is 11.1 Å². The molecule has 1 saturated heterocycles. The summed E-state index contributed by atoms with van der Waals surface area (Å²) in [6, 6.07) is 0. The predicted octanol–water partition coefficient (Wildman–Crippen LogP) is 0.692. The van der Waals surface area contributed by atoms with Crippen LogP contribution >= 0.6 is 0 Å². The lowest BCUT2D eigenvalue weighted by Gasteiger charge is -2.29. The van der Waals surface area contributed by atoms with Crippen LogP contribution in [0.3, 0.4) is 0 Å². The van der Waals surface area contributed by atoms with Crippen molar-refractivity contribution in [3.8, 4) is 0 Å². The largest absolute Gasteiger partial charge is 0.409 e. The van der Waals surface area contributed by atoms with Gasteiger partial charge in [-0.1, -0.05) is 19.0 Å². The first-order chi connectivity index (χ1) is 8.60. The van der Waals surface area contributed by atoms with Gasteiger partial charge in [0.05, 0.1) is 6.61 Å². The second-order valence-electron chi connectivity index (χ2n) is 4.71. The molecule has 0 bridgehead atoms. The minimum absolute atomic E-state index is 0.0207. The van der Waals surface area contributed by atoms with Gasteiger partial charge in [0.1, 0.15) is 5.41 Å². The Bertz CT molecular complexity index is 308. The van der Waals surface area contributed by atoms with E-state index in [0.717, 1.165) is 13.0 Å². The number of amidine groups is 1. The fraction of sp³-hybridized carbons (Fsp3) is 0.833. The van der Waals surface area contributed by atoms with Crippen LogP contribution in [0.5, 0.6) is 0 Å². The Morgan fingerprint density at radius 1 is 1.56 bits per heavy atom. The lowest BCUT2D eigenvalue weighted by atomic mass is 9.80. The van der Waals surface area contributed by atoms with Crippen LogP contribution in [-0.4, -0.2) is 36.7 Å². The Balaban J connectivity index is 2.64. The zero-order valence-corrected chi connectivity index (χ0v) is 11.1. The first-order valence-corrected chi connectivity index (χ1v) is 6.44. The second kappa shape index (κ2) is 6.58. The molecule has 1 aliphatic rings. The van der Waals surface area contributed by atoms with E-state index in [1.54, 1.807) is 0 Å². The van der Waals surface area contributed by atoms with E-state index in [1.165, 1.54) is 0 Å². The minimum Gasteiger partial charge on any atom is -0.409 e. The van der Waals surface area contributed by atoms with Crippen molar-refractivity contribution in [2.75, 3.05) is 19.8 Å². The van der Waals surface area contributed by atoms with E-state index in [4.69, 9.17) is 15.7 Å². The molecular formula is C12H23N3O3. The van der Waals surface area contributed by atoms with Gasteiger partial charge in [0.25, 0.3) is 0 Å². The lowest BCUT2D eigenvalue weighted by Crippen LogP contribution is -2.50. The number of carbonyl (C=O) groups is 1. The average molecular weight is 257 g/mol. The highest BCUT2D eigenvalue weighted by Gasteiger charge is 2.39. The van der Waals surface area contributed by atoms with E-state index in [2.05, 4.69) is 10.5 Å². The summed E-state index contributed by atoms with van der Waals surface area (Å²) in [4.78, 5) is 12.3. The van der Waals surface area contributed by atoms with Crippen molar-refractivity contribution in [3.05, 3.63) is 0 Å². The highest BCUT2D eigenvalue weighted by atomic mass is 16.5. The third-order valence-electron chi connectivity index (χ3n) is 3.82. The number of ether oxygens (including phenoxy) is 1. The van der Waals surface area contributed by atoms with Crippen LogP contribution in [0.4, 0.5) is 0 Å². The Hall–Kier alpha value is -1.30. The molecule has 0 aromatic rings. The molecule has 1 fully saturated rings. The monoisotopic (exact) mass is 257 g/mol. The van der Waals surface area contributed by atoms with E-state index >= 15 is 0 Å². The van der Waals surface area contributed by atoms with Gasteiger partial charge in [0, 0.05) is 19.1 Å². The van der Waals surface area contributed by atoms with Crippen molar-refractivity contribution >= 4 is 11.7 Å². The highest BCUT2D eigenvalue weighted by molar-refractivity contribution is 6.06. The molecule has 1 rings (SSSR count). The molecule has 1 aliphatic heterocycles. The predicted molar refractivity (Wildman–Crippen MR) is 68.4 cm³/mol. The van der Waals surface area contributed by atoms with E-state index in [0.29, 0.717) is 31.9 Å². The number of carbonyl (C=O) groups excluding carboxylic acids is 1. The number of oxime groups is 1. The molecule has 104 valence electrons. The summed E-state index contributed by atoms with van der Waals surface area (Å²) in [7, 11) is 0. The zero-order valence-electron chi connectivity index (χ0n) is 11.1. The summed E-state index contributed by atoms with van der Waals surface area (Å²) in [6.45, 7) is 5.75. The van der Waals surface area contributed by atoms with Crippen molar-refractivity contribution in [2.45, 2.75) is 33.1 Å². The van der Waals surface area contributed by atoms with Crippen LogP contribution in [0.25, 0.3) is 0 Å². The maximum absolute atomic E-state index is 12.3. The topological polar surface area (TPSA) is 96.9 Å². The molecule has 0 aromatic heterocycles. The molecule has 0 saturated carbocycles. The average Bonchev–Trinajstić information content (AvgIpc) is 2.91. The molecular weight excluding hydrogens is 234 g/mol. The number of nitrogens with two attached hydrogens (primary N) is 1. The van der Waals surface area contributed by atoms with E-state index in [9.17, 15) is 4.79 Å². The van der Waals surface area contributed by atoms with Crippen molar-refractivity contribution < 1.29 is 14.7 Å². The number of nitrogens with one attached hydrogen (secondary N) is 1. The van der Waals surface area contributed by atoms with Crippen molar-refractivity contribution in [1.29, 1.82) is 0 Å². The van der Waals surface area contributed by atoms with E-state index in [1.807, 2.05) is 13.8 Å². The van der Waals surface area contributed by atoms with Gasteiger partial charge >= 0.3 is 0 Å². The third-order valence-corrected chi connectivity index (χ3v) is 3.82. The summed E-state index contributed by atoms with van der Waals surface area (Å²) in [5.74, 6) is 0.176. The van der Waals surface area contributed by atoms with Crippen molar-refractivity contribution in [3.63, 3.8) is 0 Å². The van der Waals surface area contributed by atoms with Gasteiger partial charge in [0.2, 0.25) is 5.91 Å². The normalized spacial score (nSPS) is 21.0. The number of amides is 1. The SMILES string of the molecule is CCC(CC)(C(=O)NCC1CCOC1)C(N)=NO. The Morgan fingerprint density at radius 3 is 2.67 bits per heavy atom. The van der Waals surface area contributed by atoms with Gasteiger partial charge in [-0.15, -0.1) is 0 Å². The molecule has 1 heterocycles. The number of nitrogens with zero attached hydrogens (tertiary/aromatic N) is 1. The first kappa shape index (κ1) is 14.8. The number of rotatable bonds is 6. The van der Waals surface area contributed by atoms with Gasteiger partial charge in [-0.25, -0.2) is 0 Å². The molecule has 6 nitrogen and oxygen atoms in total. The molecule has 0 radical (unpaired) electrons. The molecule has 18 heavy (non-hydrogen) atoms. The molecule has 6 heteroatoms. The third kappa shape index (κ3) is 2.93. The standard InChI is InChI=1S/C12H23N3O3/c1-3-12(4-2,10(13)15-17)11(16)14-7-9-5-6-18-8-9/h9,17H,3-8H2,1-2H3,(H2,13,15)(H,14,16). The smallest absolute Gasteiger partial charge is 0.233 e. The zero-order chi connectivity index (χ0) is 13.6. The fourth-order valence-corrected chi connectivity index (χ4v) is 2.30. The van der Waals surface area contributed by atoms with Gasteiger partial charge < -0.3 is 21.0 Å². The maximum atomic E-state index is 12.3. The molecule has 0 aromatic carbocycles. The highest BCUT2D eigenvalue weighted by Crippen LogP contribution is 2.27. The Labute approximate surface area is 108 Å². The van der Waals surface area contributed by atoms with E-state index < -0.39 is 5.41 Å². The number of hydrogen-bond donors (Lipinski definition) is 3. The minimum atomic E-state index is -0.909. The molecule has 0 spiro atoms. The fourth-order valence-electron chi connectivity index (χ4n) is 2.30. The van der Waals surface area contributed by atoms with Crippen LogP contribution in [-0.2, 0) is 9.53 Å². The van der Waals surface area contributed by atoms with Crippen LogP contribution in [0.1, 0.15) is 33.1 Å². The Kier molecular flexibility index (Phi) is 5.40. The molecule has 4 N–H and O–H groups in total. The summed E-state index contributed by atoms with van der Waals surface area (Å²) < 4.78 is 5.26. The molecule has 1 unspecified atom stereocenters. The van der Waals surface area contributed by atoms with Crippen LogP contribution in [0.15, 0.2) is 5.16 Å². The van der Waals surface area contributed by atoms with E-state index in [-0.39, 0.29) is 11.7 Å². The quantitative estimate of drug-likeness (QED) is 0.282. The summed E-state index contributed by atoms with van der Waals surface area (Å²) in [6.07, 6.45) is 1.98. The lowest BCUT2D eigenvalue weighted by molar-refractivity contribution is -0.128. The van der Waals surface area contributed by atoms with Gasteiger partial charge in [-0.05, 0) is 19.3 Å². The van der Waals surface area contributed by atoms with Crippen molar-refractivity contribution in [2.24, 2.45) is 22.2 Å². The maximum Gasteiger partial charge on any atom is 0.233 e. The molecule has 1 amide bonds. The molecule has 0 aliphatic carbocycles. The van der Waals surface area contributed by atoms with Gasteiger partial charge in [-0.2, -0.15) is 0 Å². The van der Waals surface area contributed by atoms with Gasteiger partial charge in [-0.3, -0.25) is 4.79 Å². The molecule has 1 atom stereocenters. The second-order valence-corrected chi connectivity index (χ2v) is 4.71. The summed E-state index contributed by atoms with van der Waals surface area (Å²) >= 11 is 0. The first-order valence-electron chi connectivity index (χ1n) is 6.44. The van der Waals surface area contributed by atoms with Crippen LogP contribution in [0.2, 0.25) is 0 Å². The van der Waals surface area contributed by atoms with Crippen LogP contribution in [0, 0.1) is 11.3 Å². The summed E-state index contributed by atoms with van der Waals surface area (Å²) in [5, 5.41) is 14.7. The summed E-state index contributed by atoms with van der Waals surface area (Å²) in [5.41, 5.74) is 4.76. The Morgan fingerprint density at radius 2 is 2.22 bits per heavy atom. The van der Waals surface area contributed by atoms with Crippen molar-refractivity contribution in [1.82, 2.24) is 5.32 Å².